The number of aromatic nitrogens is 1. The van der Waals surface area contributed by atoms with Gasteiger partial charge in [-0.05, 0) is 50.1 Å². The SMILES string of the molecule is Cc1cc(C(=O)CN2C(=O)NC3(CCOc4ccccc43)C2=O)c(C)n1CCc1ccc(F)cc1. The summed E-state index contributed by atoms with van der Waals surface area (Å²) in [6.45, 7) is 4.35. The summed E-state index contributed by atoms with van der Waals surface area (Å²) in [6, 6.07) is 14.7. The van der Waals surface area contributed by atoms with Crippen molar-refractivity contribution in [3.63, 3.8) is 0 Å². The first-order valence-electron chi connectivity index (χ1n) is 11.6. The van der Waals surface area contributed by atoms with Gasteiger partial charge in [-0.2, -0.15) is 0 Å². The van der Waals surface area contributed by atoms with E-state index in [-0.39, 0.29) is 18.1 Å². The average molecular weight is 476 g/mol. The Kier molecular flexibility index (Phi) is 5.67. The number of halogens is 1. The molecule has 35 heavy (non-hydrogen) atoms. The number of imide groups is 1. The lowest BCUT2D eigenvalue weighted by atomic mass is 9.84. The molecule has 2 aromatic carbocycles. The Hall–Kier alpha value is -3.94. The number of fused-ring (bicyclic) bond motifs is 2. The molecule has 1 fully saturated rings. The molecular formula is C27H26FN3O4. The van der Waals surface area contributed by atoms with Crippen molar-refractivity contribution in [3.8, 4) is 5.75 Å². The normalized spacial score (nSPS) is 19.0. The van der Waals surface area contributed by atoms with Crippen LogP contribution in [-0.4, -0.2) is 40.3 Å². The van der Waals surface area contributed by atoms with E-state index in [0.717, 1.165) is 21.9 Å². The van der Waals surface area contributed by atoms with Gasteiger partial charge in [0.1, 0.15) is 11.6 Å². The Labute approximate surface area is 202 Å². The molecule has 0 radical (unpaired) electrons. The van der Waals surface area contributed by atoms with E-state index in [4.69, 9.17) is 4.74 Å². The average Bonchev–Trinajstić information content (AvgIpc) is 3.26. The molecule has 180 valence electrons. The number of aryl methyl sites for hydroxylation is 2. The van der Waals surface area contributed by atoms with E-state index < -0.39 is 17.5 Å². The molecule has 1 spiro atoms. The van der Waals surface area contributed by atoms with E-state index in [9.17, 15) is 18.8 Å². The summed E-state index contributed by atoms with van der Waals surface area (Å²) >= 11 is 0. The van der Waals surface area contributed by atoms with Crippen LogP contribution in [0.1, 0.15) is 39.3 Å². The van der Waals surface area contributed by atoms with Crippen LogP contribution in [0.15, 0.2) is 54.6 Å². The molecule has 1 aromatic heterocycles. The molecule has 5 rings (SSSR count). The van der Waals surface area contributed by atoms with Gasteiger partial charge in [0.15, 0.2) is 11.3 Å². The van der Waals surface area contributed by atoms with Crippen LogP contribution in [-0.2, 0) is 23.3 Å². The van der Waals surface area contributed by atoms with E-state index >= 15 is 0 Å². The highest BCUT2D eigenvalue weighted by atomic mass is 19.1. The van der Waals surface area contributed by atoms with Crippen molar-refractivity contribution in [1.29, 1.82) is 0 Å². The minimum Gasteiger partial charge on any atom is -0.493 e. The van der Waals surface area contributed by atoms with Crippen molar-refractivity contribution in [2.24, 2.45) is 0 Å². The first-order valence-corrected chi connectivity index (χ1v) is 11.6. The maximum atomic E-state index is 13.5. The van der Waals surface area contributed by atoms with Crippen LogP contribution < -0.4 is 10.1 Å². The topological polar surface area (TPSA) is 80.6 Å². The predicted octanol–water partition coefficient (Wildman–Crippen LogP) is 3.90. The minimum atomic E-state index is -1.21. The highest BCUT2D eigenvalue weighted by Gasteiger charge is 2.55. The Morgan fingerprint density at radius 1 is 1.11 bits per heavy atom. The lowest BCUT2D eigenvalue weighted by Gasteiger charge is -2.33. The molecule has 3 amide bonds. The monoisotopic (exact) mass is 475 g/mol. The summed E-state index contributed by atoms with van der Waals surface area (Å²) in [6.07, 6.45) is 0.985. The van der Waals surface area contributed by atoms with Gasteiger partial charge in [0.05, 0.1) is 13.2 Å². The maximum Gasteiger partial charge on any atom is 0.325 e. The molecule has 2 aliphatic heterocycles. The molecule has 2 aliphatic rings. The van der Waals surface area contributed by atoms with Crippen molar-refractivity contribution < 1.29 is 23.5 Å². The number of nitrogens with one attached hydrogen (secondary N) is 1. The van der Waals surface area contributed by atoms with Gasteiger partial charge in [-0.25, -0.2) is 9.18 Å². The van der Waals surface area contributed by atoms with Gasteiger partial charge in [-0.3, -0.25) is 14.5 Å². The highest BCUT2D eigenvalue weighted by molar-refractivity contribution is 6.12. The number of para-hydroxylation sites is 1. The molecule has 3 aromatic rings. The van der Waals surface area contributed by atoms with Crippen LogP contribution >= 0.6 is 0 Å². The van der Waals surface area contributed by atoms with Crippen molar-refractivity contribution in [2.75, 3.05) is 13.2 Å². The highest BCUT2D eigenvalue weighted by Crippen LogP contribution is 2.41. The third-order valence-electron chi connectivity index (χ3n) is 6.97. The zero-order valence-corrected chi connectivity index (χ0v) is 19.6. The number of carbonyl (C=O) groups excluding carboxylic acids is 3. The van der Waals surface area contributed by atoms with E-state index in [0.29, 0.717) is 42.9 Å². The fourth-order valence-electron chi connectivity index (χ4n) is 5.06. The van der Waals surface area contributed by atoms with Crippen molar-refractivity contribution in [1.82, 2.24) is 14.8 Å². The largest absolute Gasteiger partial charge is 0.493 e. The lowest BCUT2D eigenvalue weighted by molar-refractivity contribution is -0.132. The Bertz CT molecular complexity index is 1330. The van der Waals surface area contributed by atoms with Crippen LogP contribution in [0.3, 0.4) is 0 Å². The lowest BCUT2D eigenvalue weighted by Crippen LogP contribution is -2.47. The number of urea groups is 1. The minimum absolute atomic E-state index is 0.276. The van der Waals surface area contributed by atoms with Gasteiger partial charge in [0.2, 0.25) is 0 Å². The Morgan fingerprint density at radius 3 is 2.63 bits per heavy atom. The first kappa shape index (κ1) is 22.8. The van der Waals surface area contributed by atoms with Gasteiger partial charge in [0, 0.05) is 35.5 Å². The van der Waals surface area contributed by atoms with Crippen LogP contribution in [0.25, 0.3) is 0 Å². The Balaban J connectivity index is 1.34. The van der Waals surface area contributed by atoms with Crippen molar-refractivity contribution >= 4 is 17.7 Å². The number of rotatable bonds is 6. The van der Waals surface area contributed by atoms with E-state index in [1.54, 1.807) is 36.4 Å². The van der Waals surface area contributed by atoms with E-state index in [1.807, 2.05) is 24.5 Å². The summed E-state index contributed by atoms with van der Waals surface area (Å²) in [7, 11) is 0. The second kappa shape index (κ2) is 8.69. The zero-order chi connectivity index (χ0) is 24.7. The van der Waals surface area contributed by atoms with Crippen molar-refractivity contribution in [3.05, 3.63) is 88.5 Å². The number of carbonyl (C=O) groups is 3. The van der Waals surface area contributed by atoms with Crippen LogP contribution in [0.2, 0.25) is 0 Å². The zero-order valence-electron chi connectivity index (χ0n) is 19.6. The van der Waals surface area contributed by atoms with E-state index in [2.05, 4.69) is 5.32 Å². The molecule has 8 heteroatoms. The number of nitrogens with zero attached hydrogens (tertiary/aromatic N) is 2. The molecule has 1 N–H and O–H groups in total. The second-order valence-corrected chi connectivity index (χ2v) is 9.06. The molecule has 0 saturated carbocycles. The molecule has 0 aliphatic carbocycles. The molecule has 3 heterocycles. The van der Waals surface area contributed by atoms with Crippen LogP contribution in [0, 0.1) is 19.7 Å². The quantitative estimate of drug-likeness (QED) is 0.433. The second-order valence-electron chi connectivity index (χ2n) is 9.06. The number of hydrogen-bond donors (Lipinski definition) is 1. The molecule has 1 saturated heterocycles. The smallest absolute Gasteiger partial charge is 0.325 e. The first-order chi connectivity index (χ1) is 16.8. The summed E-state index contributed by atoms with van der Waals surface area (Å²) in [4.78, 5) is 40.6. The maximum absolute atomic E-state index is 13.5. The molecule has 1 unspecified atom stereocenters. The molecule has 1 atom stereocenters. The van der Waals surface area contributed by atoms with Gasteiger partial charge >= 0.3 is 6.03 Å². The summed E-state index contributed by atoms with van der Waals surface area (Å²) < 4.78 is 20.9. The third kappa shape index (κ3) is 3.88. The predicted molar refractivity (Wildman–Crippen MR) is 127 cm³/mol. The van der Waals surface area contributed by atoms with Gasteiger partial charge in [-0.1, -0.05) is 30.3 Å². The number of amides is 3. The summed E-state index contributed by atoms with van der Waals surface area (Å²) in [5, 5.41) is 2.83. The number of ether oxygens (including phenoxy) is 1. The van der Waals surface area contributed by atoms with Gasteiger partial charge in [0.25, 0.3) is 5.91 Å². The van der Waals surface area contributed by atoms with E-state index in [1.165, 1.54) is 12.1 Å². The fourth-order valence-corrected chi connectivity index (χ4v) is 5.06. The van der Waals surface area contributed by atoms with Crippen LogP contribution in [0.5, 0.6) is 5.75 Å². The van der Waals surface area contributed by atoms with Crippen molar-refractivity contribution in [2.45, 2.75) is 38.8 Å². The number of hydrogen-bond acceptors (Lipinski definition) is 4. The molecular weight excluding hydrogens is 449 g/mol. The molecule has 0 bridgehead atoms. The fraction of sp³-hybridized carbons (Fsp3) is 0.296. The summed E-state index contributed by atoms with van der Waals surface area (Å²) in [5.74, 6) is -0.449. The number of ketones is 1. The third-order valence-corrected chi connectivity index (χ3v) is 6.97. The summed E-state index contributed by atoms with van der Waals surface area (Å²) in [5.41, 5.74) is 2.55. The number of Topliss-reactive ketones (excluding diaryl/α,β-unsaturated/α-hetero) is 1. The Morgan fingerprint density at radius 2 is 1.86 bits per heavy atom. The standard InChI is InChI=1S/C27H26FN3O4/c1-17-15-21(18(2)30(17)13-11-19-7-9-20(28)10-8-19)23(32)16-31-25(33)27(29-26(31)34)12-14-35-24-6-4-3-5-22(24)27/h3-10,15H,11-14,16H2,1-2H3,(H,29,34). The van der Waals surface area contributed by atoms with Gasteiger partial charge in [-0.15, -0.1) is 0 Å². The van der Waals surface area contributed by atoms with Gasteiger partial charge < -0.3 is 14.6 Å². The van der Waals surface area contributed by atoms with Crippen LogP contribution in [0.4, 0.5) is 9.18 Å². The molecule has 7 nitrogen and oxygen atoms in total. The number of benzene rings is 2.